The summed E-state index contributed by atoms with van der Waals surface area (Å²) in [6.07, 6.45) is 8.18. The SMILES string of the molecule is NC1CCCC(N2CCN(CC3CC3)CC2)C1. The summed E-state index contributed by atoms with van der Waals surface area (Å²) in [6.45, 7) is 6.52. The molecule has 3 aliphatic rings. The maximum absolute atomic E-state index is 6.10. The molecule has 17 heavy (non-hydrogen) atoms. The Balaban J connectivity index is 1.43. The van der Waals surface area contributed by atoms with Gasteiger partial charge in [0.1, 0.15) is 0 Å². The van der Waals surface area contributed by atoms with Gasteiger partial charge in [0.25, 0.3) is 0 Å². The monoisotopic (exact) mass is 237 g/mol. The Labute approximate surface area is 105 Å². The molecular formula is C14H27N3. The van der Waals surface area contributed by atoms with Gasteiger partial charge in [0.05, 0.1) is 0 Å². The van der Waals surface area contributed by atoms with Crippen molar-refractivity contribution in [2.75, 3.05) is 32.7 Å². The van der Waals surface area contributed by atoms with Crippen LogP contribution in [0.5, 0.6) is 0 Å². The van der Waals surface area contributed by atoms with Gasteiger partial charge in [-0.1, -0.05) is 6.42 Å². The molecular weight excluding hydrogens is 210 g/mol. The third-order valence-electron chi connectivity index (χ3n) is 4.82. The Kier molecular flexibility index (Phi) is 3.69. The van der Waals surface area contributed by atoms with Gasteiger partial charge in [0.2, 0.25) is 0 Å². The summed E-state index contributed by atoms with van der Waals surface area (Å²) in [7, 11) is 0. The van der Waals surface area contributed by atoms with E-state index in [0.717, 1.165) is 12.0 Å². The van der Waals surface area contributed by atoms with Crippen molar-refractivity contribution in [3.8, 4) is 0 Å². The van der Waals surface area contributed by atoms with Gasteiger partial charge in [-0.05, 0) is 38.0 Å². The van der Waals surface area contributed by atoms with Crippen LogP contribution in [0.25, 0.3) is 0 Å². The molecule has 98 valence electrons. The lowest BCUT2D eigenvalue weighted by Gasteiger charge is -2.42. The lowest BCUT2D eigenvalue weighted by Crippen LogP contribution is -2.52. The van der Waals surface area contributed by atoms with E-state index in [1.165, 1.54) is 71.2 Å². The van der Waals surface area contributed by atoms with E-state index in [1.54, 1.807) is 0 Å². The highest BCUT2D eigenvalue weighted by molar-refractivity contribution is 4.86. The smallest absolute Gasteiger partial charge is 0.0113 e. The molecule has 3 rings (SSSR count). The lowest BCUT2D eigenvalue weighted by atomic mass is 9.90. The number of nitrogens with zero attached hydrogens (tertiary/aromatic N) is 2. The molecule has 1 aliphatic heterocycles. The van der Waals surface area contributed by atoms with Crippen molar-refractivity contribution in [1.82, 2.24) is 9.80 Å². The average Bonchev–Trinajstić information content (AvgIpc) is 3.14. The second-order valence-electron chi connectivity index (χ2n) is 6.36. The van der Waals surface area contributed by atoms with Crippen LogP contribution in [0.15, 0.2) is 0 Å². The van der Waals surface area contributed by atoms with Gasteiger partial charge in [-0.2, -0.15) is 0 Å². The Morgan fingerprint density at radius 2 is 1.71 bits per heavy atom. The van der Waals surface area contributed by atoms with Crippen LogP contribution in [0.3, 0.4) is 0 Å². The molecule has 0 aromatic carbocycles. The van der Waals surface area contributed by atoms with Gasteiger partial charge in [-0.15, -0.1) is 0 Å². The summed E-state index contributed by atoms with van der Waals surface area (Å²) >= 11 is 0. The molecule has 2 saturated carbocycles. The van der Waals surface area contributed by atoms with E-state index in [9.17, 15) is 0 Å². The summed E-state index contributed by atoms with van der Waals surface area (Å²) in [4.78, 5) is 5.39. The normalized spacial score (nSPS) is 37.2. The second kappa shape index (κ2) is 5.25. The van der Waals surface area contributed by atoms with Gasteiger partial charge >= 0.3 is 0 Å². The molecule has 3 heteroatoms. The van der Waals surface area contributed by atoms with Crippen LogP contribution in [0, 0.1) is 5.92 Å². The predicted molar refractivity (Wildman–Crippen MR) is 71.0 cm³/mol. The van der Waals surface area contributed by atoms with Gasteiger partial charge in [0.15, 0.2) is 0 Å². The molecule has 0 spiro atoms. The van der Waals surface area contributed by atoms with Crippen LogP contribution in [0.1, 0.15) is 38.5 Å². The average molecular weight is 237 g/mol. The van der Waals surface area contributed by atoms with Crippen LogP contribution < -0.4 is 5.73 Å². The molecule has 2 aliphatic carbocycles. The summed E-state index contributed by atoms with van der Waals surface area (Å²) < 4.78 is 0. The van der Waals surface area contributed by atoms with Gasteiger partial charge in [-0.25, -0.2) is 0 Å². The number of nitrogens with two attached hydrogens (primary N) is 1. The first kappa shape index (κ1) is 11.9. The van der Waals surface area contributed by atoms with E-state index in [2.05, 4.69) is 9.80 Å². The number of hydrogen-bond donors (Lipinski definition) is 1. The van der Waals surface area contributed by atoms with E-state index < -0.39 is 0 Å². The molecule has 1 saturated heterocycles. The van der Waals surface area contributed by atoms with Crippen LogP contribution in [0.2, 0.25) is 0 Å². The molecule has 2 unspecified atom stereocenters. The third-order valence-corrected chi connectivity index (χ3v) is 4.82. The van der Waals surface area contributed by atoms with Crippen molar-refractivity contribution in [2.45, 2.75) is 50.6 Å². The Hall–Kier alpha value is -0.120. The van der Waals surface area contributed by atoms with E-state index in [1.807, 2.05) is 0 Å². The standard InChI is InChI=1S/C14H27N3/c15-13-2-1-3-14(10-13)17-8-6-16(7-9-17)11-12-4-5-12/h12-14H,1-11,15H2. The lowest BCUT2D eigenvalue weighted by molar-refractivity contribution is 0.0731. The Morgan fingerprint density at radius 3 is 2.35 bits per heavy atom. The minimum atomic E-state index is 0.471. The Morgan fingerprint density at radius 1 is 0.941 bits per heavy atom. The number of piperazine rings is 1. The fourth-order valence-corrected chi connectivity index (χ4v) is 3.51. The van der Waals surface area contributed by atoms with E-state index >= 15 is 0 Å². The van der Waals surface area contributed by atoms with Crippen LogP contribution >= 0.6 is 0 Å². The second-order valence-corrected chi connectivity index (χ2v) is 6.36. The van der Waals surface area contributed by atoms with Crippen LogP contribution in [-0.2, 0) is 0 Å². The molecule has 2 atom stereocenters. The number of hydrogen-bond acceptors (Lipinski definition) is 3. The topological polar surface area (TPSA) is 32.5 Å². The van der Waals surface area contributed by atoms with Crippen molar-refractivity contribution in [3.05, 3.63) is 0 Å². The highest BCUT2D eigenvalue weighted by Crippen LogP contribution is 2.30. The fraction of sp³-hybridized carbons (Fsp3) is 1.00. The van der Waals surface area contributed by atoms with Crippen LogP contribution in [-0.4, -0.2) is 54.6 Å². The summed E-state index contributed by atoms with van der Waals surface area (Å²) in [6, 6.07) is 1.26. The van der Waals surface area contributed by atoms with Crippen molar-refractivity contribution in [1.29, 1.82) is 0 Å². The van der Waals surface area contributed by atoms with Crippen molar-refractivity contribution in [3.63, 3.8) is 0 Å². The van der Waals surface area contributed by atoms with Crippen LogP contribution in [0.4, 0.5) is 0 Å². The molecule has 0 aromatic heterocycles. The summed E-state index contributed by atoms with van der Waals surface area (Å²) in [5.41, 5.74) is 6.10. The van der Waals surface area contributed by atoms with E-state index in [-0.39, 0.29) is 0 Å². The first-order valence-corrected chi connectivity index (χ1v) is 7.53. The van der Waals surface area contributed by atoms with Gasteiger partial charge in [0, 0.05) is 44.8 Å². The summed E-state index contributed by atoms with van der Waals surface area (Å²) in [5, 5.41) is 0. The van der Waals surface area contributed by atoms with E-state index in [4.69, 9.17) is 5.73 Å². The molecule has 1 heterocycles. The van der Waals surface area contributed by atoms with Crippen molar-refractivity contribution < 1.29 is 0 Å². The minimum absolute atomic E-state index is 0.471. The Bertz CT molecular complexity index is 244. The maximum atomic E-state index is 6.10. The number of rotatable bonds is 3. The molecule has 0 aromatic rings. The predicted octanol–water partition coefficient (Wildman–Crippen LogP) is 1.28. The molecule has 0 bridgehead atoms. The molecule has 3 fully saturated rings. The quantitative estimate of drug-likeness (QED) is 0.803. The van der Waals surface area contributed by atoms with Crippen molar-refractivity contribution in [2.24, 2.45) is 11.7 Å². The highest BCUT2D eigenvalue weighted by atomic mass is 15.3. The molecule has 2 N–H and O–H groups in total. The first-order valence-electron chi connectivity index (χ1n) is 7.53. The van der Waals surface area contributed by atoms with Crippen molar-refractivity contribution >= 4 is 0 Å². The largest absolute Gasteiger partial charge is 0.328 e. The zero-order valence-corrected chi connectivity index (χ0v) is 11.0. The third kappa shape index (κ3) is 3.21. The highest BCUT2D eigenvalue weighted by Gasteiger charge is 2.30. The van der Waals surface area contributed by atoms with E-state index in [0.29, 0.717) is 6.04 Å². The molecule has 0 amide bonds. The zero-order chi connectivity index (χ0) is 11.7. The maximum Gasteiger partial charge on any atom is 0.0113 e. The first-order chi connectivity index (χ1) is 8.31. The minimum Gasteiger partial charge on any atom is -0.328 e. The fourth-order valence-electron chi connectivity index (χ4n) is 3.51. The molecule has 0 radical (unpaired) electrons. The van der Waals surface area contributed by atoms with Gasteiger partial charge in [-0.3, -0.25) is 4.90 Å². The summed E-state index contributed by atoms with van der Waals surface area (Å²) in [5.74, 6) is 1.05. The molecule has 3 nitrogen and oxygen atoms in total. The zero-order valence-electron chi connectivity index (χ0n) is 11.0. The van der Waals surface area contributed by atoms with Gasteiger partial charge < -0.3 is 10.6 Å².